The fourth-order valence-electron chi connectivity index (χ4n) is 2.09. The molecule has 1 aromatic carbocycles. The van der Waals surface area contributed by atoms with Crippen molar-refractivity contribution in [3.05, 3.63) is 54.0 Å². The van der Waals surface area contributed by atoms with Crippen molar-refractivity contribution in [1.82, 2.24) is 10.2 Å². The van der Waals surface area contributed by atoms with Crippen LogP contribution in [0.15, 0.2) is 47.1 Å². The number of benzene rings is 1. The number of carbonyl (C=O) groups is 1. The Labute approximate surface area is 137 Å². The Morgan fingerprint density at radius 1 is 1.29 bits per heavy atom. The van der Waals surface area contributed by atoms with Gasteiger partial charge in [-0.15, -0.1) is 0 Å². The van der Waals surface area contributed by atoms with E-state index in [-0.39, 0.29) is 12.1 Å². The van der Waals surface area contributed by atoms with Crippen LogP contribution in [0.3, 0.4) is 0 Å². The van der Waals surface area contributed by atoms with Gasteiger partial charge >= 0.3 is 12.2 Å². The van der Waals surface area contributed by atoms with Crippen LogP contribution in [-0.4, -0.2) is 31.3 Å². The number of carbonyl (C=O) groups excluding carboxylic acids is 1. The first-order chi connectivity index (χ1) is 11.3. The normalized spacial score (nSPS) is 12.5. The second kappa shape index (κ2) is 7.29. The maximum absolute atomic E-state index is 13.3. The molecule has 1 heterocycles. The first kappa shape index (κ1) is 17.7. The Morgan fingerprint density at radius 3 is 2.46 bits per heavy atom. The summed E-state index contributed by atoms with van der Waals surface area (Å²) in [4.78, 5) is 13.2. The molecule has 0 spiro atoms. The van der Waals surface area contributed by atoms with Crippen molar-refractivity contribution in [3.8, 4) is 5.75 Å². The van der Waals surface area contributed by atoms with Crippen molar-refractivity contribution in [2.45, 2.75) is 18.8 Å². The number of methoxy groups -OCH3 is 1. The van der Waals surface area contributed by atoms with Crippen LogP contribution < -0.4 is 10.1 Å². The van der Waals surface area contributed by atoms with E-state index in [4.69, 9.17) is 9.15 Å². The molecule has 2 aromatic rings. The smallest absolute Gasteiger partial charge is 0.412 e. The van der Waals surface area contributed by atoms with Gasteiger partial charge in [0.1, 0.15) is 11.5 Å². The zero-order chi connectivity index (χ0) is 17.7. The minimum atomic E-state index is -4.63. The molecule has 24 heavy (non-hydrogen) atoms. The second-order valence-electron chi connectivity index (χ2n) is 5.13. The van der Waals surface area contributed by atoms with Crippen molar-refractivity contribution in [2.24, 2.45) is 0 Å². The van der Waals surface area contributed by atoms with Gasteiger partial charge in [-0.05, 0) is 29.8 Å². The zero-order valence-corrected chi connectivity index (χ0v) is 13.1. The van der Waals surface area contributed by atoms with Crippen LogP contribution in [0.5, 0.6) is 5.75 Å². The molecule has 0 unspecified atom stereocenters. The summed E-state index contributed by atoms with van der Waals surface area (Å²) in [5, 5.41) is 2.00. The first-order valence-electron chi connectivity index (χ1n) is 7.06. The summed E-state index contributed by atoms with van der Waals surface area (Å²) in [5.41, 5.74) is -0.0805. The third-order valence-electron chi connectivity index (χ3n) is 3.36. The predicted molar refractivity (Wildman–Crippen MR) is 80.5 cm³/mol. The number of rotatable bonds is 5. The molecule has 0 saturated heterocycles. The fraction of sp³-hybridized carbons (Fsp3) is 0.312. The highest BCUT2D eigenvalue weighted by Crippen LogP contribution is 2.33. The molecular weight excluding hydrogens is 325 g/mol. The van der Waals surface area contributed by atoms with Crippen LogP contribution in [-0.2, 0) is 6.54 Å². The van der Waals surface area contributed by atoms with Crippen LogP contribution in [0.25, 0.3) is 0 Å². The van der Waals surface area contributed by atoms with Crippen molar-refractivity contribution in [3.63, 3.8) is 0 Å². The third kappa shape index (κ3) is 4.43. The van der Waals surface area contributed by atoms with Crippen molar-refractivity contribution < 1.29 is 27.1 Å². The number of hydrogen-bond acceptors (Lipinski definition) is 3. The minimum absolute atomic E-state index is 0.0615. The summed E-state index contributed by atoms with van der Waals surface area (Å²) in [5.74, 6) is 0.904. The number of amides is 2. The molecular formula is C16H17F3N2O3. The van der Waals surface area contributed by atoms with Crippen LogP contribution in [0, 0.1) is 0 Å². The van der Waals surface area contributed by atoms with Gasteiger partial charge in [-0.3, -0.25) is 0 Å². The third-order valence-corrected chi connectivity index (χ3v) is 3.36. The molecule has 130 valence electrons. The van der Waals surface area contributed by atoms with Gasteiger partial charge in [-0.2, -0.15) is 13.2 Å². The highest BCUT2D eigenvalue weighted by molar-refractivity contribution is 5.74. The van der Waals surface area contributed by atoms with Crippen LogP contribution in [0.1, 0.15) is 17.4 Å². The van der Waals surface area contributed by atoms with E-state index in [1.54, 1.807) is 12.1 Å². The molecule has 1 aromatic heterocycles. The molecule has 1 atom stereocenters. The summed E-state index contributed by atoms with van der Waals surface area (Å²) in [6, 6.07) is 5.65. The summed E-state index contributed by atoms with van der Waals surface area (Å²) < 4.78 is 49.9. The predicted octanol–water partition coefficient (Wildman–Crippen LogP) is 3.73. The summed E-state index contributed by atoms with van der Waals surface area (Å²) in [6.07, 6.45) is -3.20. The Bertz CT molecular complexity index is 654. The summed E-state index contributed by atoms with van der Waals surface area (Å²) in [6.45, 7) is 0.0615. The largest absolute Gasteiger partial charge is 0.497 e. The molecule has 2 rings (SSSR count). The molecule has 2 amide bonds. The van der Waals surface area contributed by atoms with Crippen molar-refractivity contribution in [2.75, 3.05) is 14.2 Å². The van der Waals surface area contributed by atoms with E-state index in [9.17, 15) is 18.0 Å². The number of hydrogen-bond donors (Lipinski definition) is 1. The Kier molecular flexibility index (Phi) is 5.38. The lowest BCUT2D eigenvalue weighted by molar-refractivity contribution is -0.155. The first-order valence-corrected chi connectivity index (χ1v) is 7.06. The van der Waals surface area contributed by atoms with E-state index in [2.05, 4.69) is 0 Å². The standard InChI is InChI=1S/C16H17F3N2O3/c1-21(10-13-4-3-9-24-13)15(22)20-14(16(17,18)19)11-5-7-12(23-2)8-6-11/h3-9,14H,10H2,1-2H3,(H,20,22)/t14-/m1/s1. The van der Waals surface area contributed by atoms with Gasteiger partial charge in [0.25, 0.3) is 0 Å². The highest BCUT2D eigenvalue weighted by Gasteiger charge is 2.42. The van der Waals surface area contributed by atoms with Gasteiger partial charge in [0.2, 0.25) is 0 Å². The number of nitrogens with zero attached hydrogens (tertiary/aromatic N) is 1. The van der Waals surface area contributed by atoms with E-state index in [1.165, 1.54) is 44.7 Å². The Hall–Kier alpha value is -2.64. The quantitative estimate of drug-likeness (QED) is 0.901. The number of halogens is 3. The zero-order valence-electron chi connectivity index (χ0n) is 13.1. The average Bonchev–Trinajstić information content (AvgIpc) is 3.04. The monoisotopic (exact) mass is 342 g/mol. The Morgan fingerprint density at radius 2 is 1.96 bits per heavy atom. The molecule has 5 nitrogen and oxygen atoms in total. The van der Waals surface area contributed by atoms with E-state index in [0.29, 0.717) is 11.5 Å². The van der Waals surface area contributed by atoms with Crippen molar-refractivity contribution in [1.29, 1.82) is 0 Å². The van der Waals surface area contributed by atoms with E-state index in [1.807, 2.05) is 5.32 Å². The van der Waals surface area contributed by atoms with Gasteiger partial charge in [0, 0.05) is 7.05 Å². The number of alkyl halides is 3. The number of furan rings is 1. The average molecular weight is 342 g/mol. The Balaban J connectivity index is 2.11. The van der Waals surface area contributed by atoms with Crippen LogP contribution in [0.4, 0.5) is 18.0 Å². The molecule has 0 aliphatic heterocycles. The van der Waals surface area contributed by atoms with E-state index < -0.39 is 18.2 Å². The van der Waals surface area contributed by atoms with Gasteiger partial charge in [0.05, 0.1) is 19.9 Å². The molecule has 0 aliphatic rings. The summed E-state index contributed by atoms with van der Waals surface area (Å²) in [7, 11) is 2.81. The maximum atomic E-state index is 13.3. The molecule has 0 aliphatic carbocycles. The second-order valence-corrected chi connectivity index (χ2v) is 5.13. The van der Waals surface area contributed by atoms with E-state index in [0.717, 1.165) is 4.90 Å². The lowest BCUT2D eigenvalue weighted by Gasteiger charge is -2.25. The lowest BCUT2D eigenvalue weighted by Crippen LogP contribution is -2.44. The van der Waals surface area contributed by atoms with Gasteiger partial charge < -0.3 is 19.4 Å². The molecule has 0 fully saturated rings. The lowest BCUT2D eigenvalue weighted by atomic mass is 10.1. The fourth-order valence-corrected chi connectivity index (χ4v) is 2.09. The maximum Gasteiger partial charge on any atom is 0.412 e. The van der Waals surface area contributed by atoms with Crippen LogP contribution >= 0.6 is 0 Å². The minimum Gasteiger partial charge on any atom is -0.497 e. The topological polar surface area (TPSA) is 54.7 Å². The van der Waals surface area contributed by atoms with Crippen LogP contribution in [0.2, 0.25) is 0 Å². The number of urea groups is 1. The van der Waals surface area contributed by atoms with Gasteiger partial charge in [-0.1, -0.05) is 12.1 Å². The molecule has 8 heteroatoms. The molecule has 1 N–H and O–H groups in total. The van der Waals surface area contributed by atoms with Gasteiger partial charge in [-0.25, -0.2) is 4.79 Å². The van der Waals surface area contributed by atoms with Crippen molar-refractivity contribution >= 4 is 6.03 Å². The molecule has 0 bridgehead atoms. The highest BCUT2D eigenvalue weighted by atomic mass is 19.4. The molecule has 0 radical (unpaired) electrons. The van der Waals surface area contributed by atoms with E-state index >= 15 is 0 Å². The molecule has 0 saturated carbocycles. The number of ether oxygens (including phenoxy) is 1. The summed E-state index contributed by atoms with van der Waals surface area (Å²) >= 11 is 0. The SMILES string of the molecule is COc1ccc([C@@H](NC(=O)N(C)Cc2ccco2)C(F)(F)F)cc1. The number of nitrogens with one attached hydrogen (secondary N) is 1. The van der Waals surface area contributed by atoms with Gasteiger partial charge in [0.15, 0.2) is 6.04 Å².